The van der Waals surface area contributed by atoms with Gasteiger partial charge < -0.3 is 9.97 Å². The Morgan fingerprint density at radius 2 is 1.16 bits per heavy atom. The largest absolute Gasteiger partial charge is 0.355 e. The van der Waals surface area contributed by atoms with Crippen LogP contribution in [0.5, 0.6) is 0 Å². The molecular formula is C38H25N5O2. The SMILES string of the molecule is O=[N+]([O-])c1ccc(-c2cc3cc4nc(c(-c5ccccc5)c5ccc(cc6nc(c(-c7ccccc7)c2[nH]3)C=C6)[nH]5)C=C4)cc1. The molecule has 0 unspecified atom stereocenters. The van der Waals surface area contributed by atoms with Crippen molar-refractivity contribution in [2.24, 2.45) is 0 Å². The van der Waals surface area contributed by atoms with E-state index in [-0.39, 0.29) is 10.6 Å². The summed E-state index contributed by atoms with van der Waals surface area (Å²) in [6.45, 7) is 0. The van der Waals surface area contributed by atoms with Crippen LogP contribution in [0.3, 0.4) is 0 Å². The van der Waals surface area contributed by atoms with Gasteiger partial charge in [-0.1, -0.05) is 60.7 Å². The summed E-state index contributed by atoms with van der Waals surface area (Å²) >= 11 is 0. The van der Waals surface area contributed by atoms with Gasteiger partial charge in [-0.05, 0) is 83.5 Å². The molecule has 8 rings (SSSR count). The van der Waals surface area contributed by atoms with Crippen molar-refractivity contribution < 1.29 is 4.92 Å². The van der Waals surface area contributed by atoms with Crippen molar-refractivity contribution in [1.29, 1.82) is 0 Å². The minimum Gasteiger partial charge on any atom is -0.355 e. The fourth-order valence-electron chi connectivity index (χ4n) is 5.97. The van der Waals surface area contributed by atoms with Gasteiger partial charge in [-0.25, -0.2) is 9.97 Å². The third-order valence-corrected chi connectivity index (χ3v) is 8.02. The first-order valence-electron chi connectivity index (χ1n) is 14.6. The molecule has 2 aliphatic rings. The smallest absolute Gasteiger partial charge is 0.269 e. The van der Waals surface area contributed by atoms with E-state index in [9.17, 15) is 10.1 Å². The second-order valence-electron chi connectivity index (χ2n) is 10.9. The van der Waals surface area contributed by atoms with Gasteiger partial charge in [0.2, 0.25) is 0 Å². The van der Waals surface area contributed by atoms with Gasteiger partial charge in [0.1, 0.15) is 0 Å². The Bertz CT molecular complexity index is 2330. The molecular weight excluding hydrogens is 558 g/mol. The minimum atomic E-state index is -0.382. The first kappa shape index (κ1) is 26.3. The normalized spacial score (nSPS) is 12.0. The highest BCUT2D eigenvalue weighted by Gasteiger charge is 2.17. The minimum absolute atomic E-state index is 0.0459. The molecule has 0 aliphatic carbocycles. The van der Waals surface area contributed by atoms with Gasteiger partial charge in [-0.15, -0.1) is 0 Å². The second kappa shape index (κ2) is 10.7. The lowest BCUT2D eigenvalue weighted by molar-refractivity contribution is -0.384. The monoisotopic (exact) mass is 583 g/mol. The van der Waals surface area contributed by atoms with Gasteiger partial charge in [0.25, 0.3) is 5.69 Å². The molecule has 0 saturated carbocycles. The van der Waals surface area contributed by atoms with E-state index in [1.807, 2.05) is 72.8 Å². The summed E-state index contributed by atoms with van der Waals surface area (Å²) in [5.41, 5.74) is 12.7. The number of benzene rings is 3. The van der Waals surface area contributed by atoms with Crippen molar-refractivity contribution in [2.75, 3.05) is 0 Å². The molecule has 45 heavy (non-hydrogen) atoms. The molecule has 0 spiro atoms. The predicted octanol–water partition coefficient (Wildman–Crippen LogP) is 9.56. The Morgan fingerprint density at radius 1 is 0.556 bits per heavy atom. The number of aromatic amines is 2. The molecule has 5 heterocycles. The number of hydrogen-bond donors (Lipinski definition) is 2. The number of nitro groups is 1. The van der Waals surface area contributed by atoms with Gasteiger partial charge in [0.15, 0.2) is 0 Å². The molecule has 3 aromatic carbocycles. The highest BCUT2D eigenvalue weighted by atomic mass is 16.6. The fraction of sp³-hybridized carbons (Fsp3) is 0. The van der Waals surface area contributed by atoms with E-state index in [2.05, 4.69) is 52.4 Å². The highest BCUT2D eigenvalue weighted by molar-refractivity contribution is 6.00. The van der Waals surface area contributed by atoms with Crippen molar-refractivity contribution in [3.05, 3.63) is 148 Å². The summed E-state index contributed by atoms with van der Waals surface area (Å²) < 4.78 is 0. The first-order chi connectivity index (χ1) is 22.1. The summed E-state index contributed by atoms with van der Waals surface area (Å²) in [6.07, 6.45) is 8.12. The molecule has 2 N–H and O–H groups in total. The third kappa shape index (κ3) is 4.92. The lowest BCUT2D eigenvalue weighted by atomic mass is 9.99. The number of fused-ring (bicyclic) bond motifs is 8. The Kier molecular flexibility index (Phi) is 6.27. The van der Waals surface area contributed by atoms with E-state index < -0.39 is 0 Å². The van der Waals surface area contributed by atoms with Crippen LogP contribution in [-0.2, 0) is 0 Å². The molecule has 6 aromatic rings. The van der Waals surface area contributed by atoms with E-state index in [1.54, 1.807) is 12.1 Å². The van der Waals surface area contributed by atoms with Crippen molar-refractivity contribution in [3.8, 4) is 33.4 Å². The molecule has 0 fully saturated rings. The zero-order valence-corrected chi connectivity index (χ0v) is 23.9. The lowest BCUT2D eigenvalue weighted by Crippen LogP contribution is -1.88. The third-order valence-electron chi connectivity index (χ3n) is 8.02. The van der Waals surface area contributed by atoms with E-state index in [0.29, 0.717) is 0 Å². The average molecular weight is 584 g/mol. The zero-order valence-electron chi connectivity index (χ0n) is 23.9. The summed E-state index contributed by atoms with van der Waals surface area (Å²) in [4.78, 5) is 28.4. The van der Waals surface area contributed by atoms with Gasteiger partial charge in [0, 0.05) is 45.4 Å². The lowest BCUT2D eigenvalue weighted by Gasteiger charge is -2.07. The summed E-state index contributed by atoms with van der Waals surface area (Å²) in [6, 6.07) is 37.3. The van der Waals surface area contributed by atoms with Gasteiger partial charge in [0.05, 0.1) is 33.2 Å². The van der Waals surface area contributed by atoms with Crippen LogP contribution >= 0.6 is 0 Å². The maximum absolute atomic E-state index is 11.4. The second-order valence-corrected chi connectivity index (χ2v) is 10.9. The number of H-pyrrole nitrogens is 2. The molecule has 0 saturated heterocycles. The molecule has 0 amide bonds. The summed E-state index contributed by atoms with van der Waals surface area (Å²) in [5, 5.41) is 11.4. The maximum Gasteiger partial charge on any atom is 0.269 e. The van der Waals surface area contributed by atoms with Crippen molar-refractivity contribution in [3.63, 3.8) is 0 Å². The number of aromatic nitrogens is 4. The average Bonchev–Trinajstić information content (AvgIpc) is 3.89. The molecule has 214 valence electrons. The van der Waals surface area contributed by atoms with Crippen LogP contribution in [0.25, 0.3) is 79.8 Å². The molecule has 2 aliphatic heterocycles. The molecule has 0 radical (unpaired) electrons. The van der Waals surface area contributed by atoms with Crippen LogP contribution in [0.15, 0.2) is 115 Å². The standard InChI is InChI=1S/C38H25N5O2/c44-43(45)31-16-11-24(12-17-31)32-23-30-22-29-14-19-34(40-29)36(25-7-3-1-4-8-25)33-18-13-27(39-33)21-28-15-20-35(41-28)37(38(32)42-30)26-9-5-2-6-10-26/h1-23,39,42H. The highest BCUT2D eigenvalue weighted by Crippen LogP contribution is 2.37. The number of nitrogens with zero attached hydrogens (tertiary/aromatic N) is 3. The molecule has 8 bridgehead atoms. The number of hydrogen-bond acceptors (Lipinski definition) is 4. The van der Waals surface area contributed by atoms with E-state index >= 15 is 0 Å². The number of nitro benzene ring substituents is 1. The molecule has 3 aromatic heterocycles. The topological polar surface area (TPSA) is 100 Å². The van der Waals surface area contributed by atoms with E-state index in [0.717, 1.165) is 78.2 Å². The number of non-ortho nitro benzene ring substituents is 1. The number of nitrogens with one attached hydrogen (secondary N) is 2. The van der Waals surface area contributed by atoms with Crippen molar-refractivity contribution in [2.45, 2.75) is 0 Å². The van der Waals surface area contributed by atoms with Crippen LogP contribution in [-0.4, -0.2) is 24.9 Å². The summed E-state index contributed by atoms with van der Waals surface area (Å²) in [5.74, 6) is 0. The van der Waals surface area contributed by atoms with E-state index in [4.69, 9.17) is 9.97 Å². The van der Waals surface area contributed by atoms with Gasteiger partial charge >= 0.3 is 0 Å². The Morgan fingerprint density at radius 3 is 1.80 bits per heavy atom. The Labute approximate surface area is 258 Å². The van der Waals surface area contributed by atoms with Crippen LogP contribution in [0.2, 0.25) is 0 Å². The van der Waals surface area contributed by atoms with E-state index in [1.165, 1.54) is 12.1 Å². The zero-order chi connectivity index (χ0) is 30.3. The van der Waals surface area contributed by atoms with Crippen LogP contribution in [0, 0.1) is 10.1 Å². The Hall–Kier alpha value is -6.34. The molecule has 0 atom stereocenters. The van der Waals surface area contributed by atoms with Crippen molar-refractivity contribution in [1.82, 2.24) is 19.9 Å². The summed E-state index contributed by atoms with van der Waals surface area (Å²) in [7, 11) is 0. The quantitative estimate of drug-likeness (QED) is 0.159. The Balaban J connectivity index is 1.49. The van der Waals surface area contributed by atoms with Crippen LogP contribution in [0.4, 0.5) is 5.69 Å². The van der Waals surface area contributed by atoms with Crippen LogP contribution in [0.1, 0.15) is 22.8 Å². The van der Waals surface area contributed by atoms with Crippen molar-refractivity contribution >= 4 is 52.1 Å². The predicted molar refractivity (Wildman–Crippen MR) is 182 cm³/mol. The van der Waals surface area contributed by atoms with Gasteiger partial charge in [-0.2, -0.15) is 0 Å². The fourth-order valence-corrected chi connectivity index (χ4v) is 5.97. The maximum atomic E-state index is 11.4. The first-order valence-corrected chi connectivity index (χ1v) is 14.6. The molecule has 7 nitrogen and oxygen atoms in total. The van der Waals surface area contributed by atoms with Gasteiger partial charge in [-0.3, -0.25) is 10.1 Å². The molecule has 7 heteroatoms. The number of rotatable bonds is 4. The van der Waals surface area contributed by atoms with Crippen LogP contribution < -0.4 is 0 Å².